The number of likely N-dealkylation sites (N-methyl/N-ethyl adjacent to an activating group) is 1. The third-order valence-electron chi connectivity index (χ3n) is 6.77. The summed E-state index contributed by atoms with van der Waals surface area (Å²) < 4.78 is 52.5. The standard InChI is InChI=1S/C23H28F3N3O4/c1-27-11-12-29-19(5-6-20(29)23(24,25)26)22(27)7-9-28(10-8-22)21(31)16-3-4-17(33-14-13-30)18(15-16)32-2/h3-6,15,30H,7-14H2,1-2H3. The summed E-state index contributed by atoms with van der Waals surface area (Å²) in [4.78, 5) is 17.0. The second kappa shape index (κ2) is 8.90. The number of nitrogens with zero attached hydrogens (tertiary/aromatic N) is 3. The van der Waals surface area contributed by atoms with Gasteiger partial charge in [0.25, 0.3) is 5.91 Å². The normalized spacial score (nSPS) is 18.3. The minimum absolute atomic E-state index is 0.114. The molecule has 10 heteroatoms. The lowest BCUT2D eigenvalue weighted by atomic mass is 9.81. The van der Waals surface area contributed by atoms with Crippen LogP contribution in [0.25, 0.3) is 0 Å². The molecular formula is C23H28F3N3O4. The Morgan fingerprint density at radius 3 is 2.45 bits per heavy atom. The molecule has 0 bridgehead atoms. The molecule has 2 aromatic rings. The van der Waals surface area contributed by atoms with Crippen molar-refractivity contribution in [2.75, 3.05) is 47.0 Å². The molecule has 4 rings (SSSR count). The number of fused-ring (bicyclic) bond motifs is 2. The predicted molar refractivity (Wildman–Crippen MR) is 114 cm³/mol. The number of halogens is 3. The van der Waals surface area contributed by atoms with E-state index in [0.717, 1.165) is 0 Å². The number of benzene rings is 1. The molecule has 1 fully saturated rings. The molecule has 1 saturated heterocycles. The smallest absolute Gasteiger partial charge is 0.431 e. The molecule has 1 amide bonds. The van der Waals surface area contributed by atoms with Crippen LogP contribution < -0.4 is 9.47 Å². The molecule has 0 radical (unpaired) electrons. The van der Waals surface area contributed by atoms with Crippen molar-refractivity contribution >= 4 is 5.91 Å². The number of alkyl halides is 3. The quantitative estimate of drug-likeness (QED) is 0.733. The number of piperidine rings is 1. The van der Waals surface area contributed by atoms with E-state index in [0.29, 0.717) is 61.8 Å². The molecule has 180 valence electrons. The number of methoxy groups -OCH3 is 1. The van der Waals surface area contributed by atoms with E-state index in [1.807, 2.05) is 7.05 Å². The highest BCUT2D eigenvalue weighted by Gasteiger charge is 2.47. The van der Waals surface area contributed by atoms with E-state index in [1.54, 1.807) is 29.2 Å². The number of aliphatic hydroxyl groups is 1. The van der Waals surface area contributed by atoms with Gasteiger partial charge in [-0.3, -0.25) is 9.69 Å². The Kier molecular flexibility index (Phi) is 6.32. The van der Waals surface area contributed by atoms with Crippen molar-refractivity contribution < 1.29 is 32.5 Å². The van der Waals surface area contributed by atoms with Gasteiger partial charge in [0, 0.05) is 37.4 Å². The lowest BCUT2D eigenvalue weighted by Crippen LogP contribution is -2.56. The van der Waals surface area contributed by atoms with Gasteiger partial charge in [-0.05, 0) is 50.2 Å². The van der Waals surface area contributed by atoms with Crippen LogP contribution in [0.1, 0.15) is 34.6 Å². The average Bonchev–Trinajstić information content (AvgIpc) is 3.26. The average molecular weight is 467 g/mol. The maximum Gasteiger partial charge on any atom is 0.431 e. The number of likely N-dealkylation sites (tertiary alicyclic amines) is 1. The number of aromatic nitrogens is 1. The van der Waals surface area contributed by atoms with Gasteiger partial charge >= 0.3 is 6.18 Å². The molecule has 2 aliphatic rings. The molecule has 0 atom stereocenters. The fourth-order valence-electron chi connectivity index (χ4n) is 5.00. The van der Waals surface area contributed by atoms with Crippen LogP contribution in [0.2, 0.25) is 0 Å². The molecule has 1 aromatic carbocycles. The maximum absolute atomic E-state index is 13.5. The van der Waals surface area contributed by atoms with Gasteiger partial charge in [-0.25, -0.2) is 0 Å². The van der Waals surface area contributed by atoms with E-state index in [2.05, 4.69) is 4.90 Å². The molecule has 0 aliphatic carbocycles. The number of aliphatic hydroxyl groups excluding tert-OH is 1. The van der Waals surface area contributed by atoms with Crippen LogP contribution in [0.5, 0.6) is 11.5 Å². The predicted octanol–water partition coefficient (Wildman–Crippen LogP) is 2.96. The van der Waals surface area contributed by atoms with E-state index in [4.69, 9.17) is 14.6 Å². The number of carbonyl (C=O) groups excluding carboxylic acids is 1. The Labute approximate surface area is 190 Å². The molecule has 0 unspecified atom stereocenters. The van der Waals surface area contributed by atoms with Gasteiger partial charge in [0.2, 0.25) is 0 Å². The summed E-state index contributed by atoms with van der Waals surface area (Å²) in [6.45, 7) is 1.65. The van der Waals surface area contributed by atoms with Crippen molar-refractivity contribution in [3.05, 3.63) is 47.3 Å². The van der Waals surface area contributed by atoms with Crippen LogP contribution in [0.15, 0.2) is 30.3 Å². The van der Waals surface area contributed by atoms with Crippen LogP contribution in [0.3, 0.4) is 0 Å². The number of amides is 1. The first-order chi connectivity index (χ1) is 15.7. The molecule has 1 aromatic heterocycles. The first-order valence-electron chi connectivity index (χ1n) is 10.9. The van der Waals surface area contributed by atoms with E-state index in [1.165, 1.54) is 17.7 Å². The summed E-state index contributed by atoms with van der Waals surface area (Å²) in [5.74, 6) is 0.666. The Morgan fingerprint density at radius 1 is 1.09 bits per heavy atom. The minimum atomic E-state index is -4.39. The lowest BCUT2D eigenvalue weighted by Gasteiger charge is -2.50. The Hall–Kier alpha value is -2.72. The van der Waals surface area contributed by atoms with Gasteiger partial charge < -0.3 is 24.0 Å². The summed E-state index contributed by atoms with van der Waals surface area (Å²) >= 11 is 0. The summed E-state index contributed by atoms with van der Waals surface area (Å²) in [7, 11) is 3.42. The highest BCUT2D eigenvalue weighted by Crippen LogP contribution is 2.44. The highest BCUT2D eigenvalue weighted by atomic mass is 19.4. The zero-order valence-corrected chi connectivity index (χ0v) is 18.7. The third kappa shape index (κ3) is 4.17. The van der Waals surface area contributed by atoms with Crippen LogP contribution in [-0.4, -0.2) is 72.4 Å². The fraction of sp³-hybridized carbons (Fsp3) is 0.522. The molecule has 1 spiro atoms. The number of hydrogen-bond acceptors (Lipinski definition) is 5. The van der Waals surface area contributed by atoms with Gasteiger partial charge in [-0.15, -0.1) is 0 Å². The third-order valence-corrected chi connectivity index (χ3v) is 6.77. The molecule has 7 nitrogen and oxygen atoms in total. The van der Waals surface area contributed by atoms with Crippen molar-refractivity contribution in [2.45, 2.75) is 31.1 Å². The fourth-order valence-corrected chi connectivity index (χ4v) is 5.00. The van der Waals surface area contributed by atoms with E-state index in [-0.39, 0.29) is 19.1 Å². The largest absolute Gasteiger partial charge is 0.493 e. The van der Waals surface area contributed by atoms with E-state index in [9.17, 15) is 18.0 Å². The molecule has 1 N–H and O–H groups in total. The number of rotatable bonds is 5. The SMILES string of the molecule is COc1cc(C(=O)N2CCC3(CC2)c2ccc(C(F)(F)F)n2CCN3C)ccc1OCCO. The maximum atomic E-state index is 13.5. The first-order valence-corrected chi connectivity index (χ1v) is 10.9. The van der Waals surface area contributed by atoms with E-state index >= 15 is 0 Å². The van der Waals surface area contributed by atoms with Crippen LogP contribution in [0.4, 0.5) is 13.2 Å². The second-order valence-electron chi connectivity index (χ2n) is 8.44. The van der Waals surface area contributed by atoms with Crippen molar-refractivity contribution in [2.24, 2.45) is 0 Å². The van der Waals surface area contributed by atoms with Gasteiger partial charge in [0.1, 0.15) is 12.3 Å². The molecule has 2 aliphatic heterocycles. The van der Waals surface area contributed by atoms with Gasteiger partial charge in [0.05, 0.1) is 19.3 Å². The van der Waals surface area contributed by atoms with Crippen LogP contribution >= 0.6 is 0 Å². The van der Waals surface area contributed by atoms with E-state index < -0.39 is 17.4 Å². The number of ether oxygens (including phenoxy) is 2. The Bertz CT molecular complexity index is 1010. The summed E-state index contributed by atoms with van der Waals surface area (Å²) in [5.41, 5.74) is -0.0289. The Balaban J connectivity index is 1.52. The lowest BCUT2D eigenvalue weighted by molar-refractivity contribution is -0.144. The van der Waals surface area contributed by atoms with Crippen LogP contribution in [0, 0.1) is 0 Å². The molecule has 3 heterocycles. The zero-order chi connectivity index (χ0) is 23.8. The molecule has 0 saturated carbocycles. The summed E-state index contributed by atoms with van der Waals surface area (Å²) in [5, 5.41) is 8.94. The number of carbonyl (C=O) groups is 1. The van der Waals surface area contributed by atoms with Gasteiger partial charge in [-0.1, -0.05) is 0 Å². The van der Waals surface area contributed by atoms with Crippen LogP contribution in [-0.2, 0) is 18.3 Å². The number of hydrogen-bond donors (Lipinski definition) is 1. The summed E-state index contributed by atoms with van der Waals surface area (Å²) in [6, 6.07) is 7.64. The van der Waals surface area contributed by atoms with Crippen molar-refractivity contribution in [3.63, 3.8) is 0 Å². The first kappa shape index (κ1) is 23.4. The van der Waals surface area contributed by atoms with Crippen molar-refractivity contribution in [3.8, 4) is 11.5 Å². The highest BCUT2D eigenvalue weighted by molar-refractivity contribution is 5.95. The Morgan fingerprint density at radius 2 is 1.82 bits per heavy atom. The van der Waals surface area contributed by atoms with Gasteiger partial charge in [0.15, 0.2) is 11.5 Å². The molecular weight excluding hydrogens is 439 g/mol. The summed E-state index contributed by atoms with van der Waals surface area (Å²) in [6.07, 6.45) is -3.30. The molecule has 33 heavy (non-hydrogen) atoms. The van der Waals surface area contributed by atoms with Crippen molar-refractivity contribution in [1.29, 1.82) is 0 Å². The topological polar surface area (TPSA) is 67.2 Å². The zero-order valence-electron chi connectivity index (χ0n) is 18.7. The van der Waals surface area contributed by atoms with Gasteiger partial charge in [-0.2, -0.15) is 13.2 Å². The monoisotopic (exact) mass is 467 g/mol. The second-order valence-corrected chi connectivity index (χ2v) is 8.44. The van der Waals surface area contributed by atoms with Crippen molar-refractivity contribution in [1.82, 2.24) is 14.4 Å². The minimum Gasteiger partial charge on any atom is -0.493 e.